The number of carbonyl (C=O) groups is 1. The lowest BCUT2D eigenvalue weighted by Crippen LogP contribution is -2.50. The normalized spacial score (nSPS) is 18.3. The third-order valence-corrected chi connectivity index (χ3v) is 10.3. The standard InChI is InChI=1S/C43H40ClF2N5O6/c1-53-31-14-10-28(11-15-31)25-55-39-23-36(47-42(48-39)57-38-24-50(19-18-34(38)45)43(52)56-26-27-7-3-2-4-8-27)41-33-21-29(32-16-13-30(44)22-35(32)46)12-17-37(33)51(49-41)40-9-5-6-20-54-40/h2-4,7-8,10-17,21-23,34,38,40H,5-6,9,18-20,24-26H2,1H3/t34-,38-,40?/m0/s1. The summed E-state index contributed by atoms with van der Waals surface area (Å²) in [5, 5.41) is 5.99. The number of benzene rings is 4. The Morgan fingerprint density at radius 3 is 2.53 bits per heavy atom. The minimum atomic E-state index is -1.42. The van der Waals surface area contributed by atoms with Gasteiger partial charge < -0.3 is 28.6 Å². The van der Waals surface area contributed by atoms with E-state index in [4.69, 9.17) is 45.4 Å². The van der Waals surface area contributed by atoms with Gasteiger partial charge in [-0.25, -0.2) is 18.3 Å². The summed E-state index contributed by atoms with van der Waals surface area (Å²) in [6, 6.07) is 28.3. The number of carbonyl (C=O) groups excluding carboxylic acids is 1. The van der Waals surface area contributed by atoms with E-state index in [1.54, 1.807) is 25.3 Å². The van der Waals surface area contributed by atoms with Gasteiger partial charge in [-0.1, -0.05) is 60.1 Å². The Morgan fingerprint density at radius 1 is 0.930 bits per heavy atom. The fraction of sp³-hybridized carbons (Fsp3) is 0.302. The fourth-order valence-electron chi connectivity index (χ4n) is 7.00. The first kappa shape index (κ1) is 38.1. The number of nitrogens with zero attached hydrogens (tertiary/aromatic N) is 5. The van der Waals surface area contributed by atoms with E-state index in [2.05, 4.69) is 4.98 Å². The molecule has 57 heavy (non-hydrogen) atoms. The molecule has 294 valence electrons. The van der Waals surface area contributed by atoms with E-state index >= 15 is 8.78 Å². The van der Waals surface area contributed by atoms with Crippen molar-refractivity contribution in [3.05, 3.63) is 119 Å². The molecule has 2 aliphatic heterocycles. The minimum absolute atomic E-state index is 0.0338. The summed E-state index contributed by atoms with van der Waals surface area (Å²) in [5.74, 6) is 0.379. The smallest absolute Gasteiger partial charge is 0.410 e. The van der Waals surface area contributed by atoms with Gasteiger partial charge in [0.2, 0.25) is 5.88 Å². The second-order valence-corrected chi connectivity index (χ2v) is 14.4. The van der Waals surface area contributed by atoms with Gasteiger partial charge in [-0.3, -0.25) is 0 Å². The molecule has 1 amide bonds. The van der Waals surface area contributed by atoms with Crippen molar-refractivity contribution in [3.63, 3.8) is 0 Å². The van der Waals surface area contributed by atoms with Crippen LogP contribution in [-0.2, 0) is 22.7 Å². The van der Waals surface area contributed by atoms with Crippen LogP contribution < -0.4 is 14.2 Å². The molecule has 2 aliphatic rings. The highest BCUT2D eigenvalue weighted by Crippen LogP contribution is 2.37. The maximum atomic E-state index is 15.6. The molecule has 14 heteroatoms. The molecular weight excluding hydrogens is 756 g/mol. The second-order valence-electron chi connectivity index (χ2n) is 13.9. The third kappa shape index (κ3) is 8.79. The Balaban J connectivity index is 1.15. The van der Waals surface area contributed by atoms with Crippen molar-refractivity contribution in [2.24, 2.45) is 0 Å². The summed E-state index contributed by atoms with van der Waals surface area (Å²) in [6.07, 6.45) is -0.730. The largest absolute Gasteiger partial charge is 0.497 e. The molecule has 0 radical (unpaired) electrons. The lowest BCUT2D eigenvalue weighted by atomic mass is 10.0. The van der Waals surface area contributed by atoms with Gasteiger partial charge in [-0.15, -0.1) is 0 Å². The molecular formula is C43H40ClF2N5O6. The number of alkyl halides is 1. The van der Waals surface area contributed by atoms with Crippen molar-refractivity contribution >= 4 is 28.6 Å². The van der Waals surface area contributed by atoms with Gasteiger partial charge in [0.1, 0.15) is 42.3 Å². The van der Waals surface area contributed by atoms with E-state index in [0.29, 0.717) is 40.3 Å². The van der Waals surface area contributed by atoms with E-state index in [0.717, 1.165) is 35.9 Å². The van der Waals surface area contributed by atoms with Crippen molar-refractivity contribution in [1.29, 1.82) is 0 Å². The zero-order chi connectivity index (χ0) is 39.3. The molecule has 2 fully saturated rings. The zero-order valence-corrected chi connectivity index (χ0v) is 31.9. The molecule has 2 aromatic heterocycles. The highest BCUT2D eigenvalue weighted by Gasteiger charge is 2.35. The van der Waals surface area contributed by atoms with Crippen molar-refractivity contribution in [3.8, 4) is 40.2 Å². The minimum Gasteiger partial charge on any atom is -0.497 e. The Bertz CT molecular complexity index is 2340. The van der Waals surface area contributed by atoms with Crippen LogP contribution in [0.4, 0.5) is 13.6 Å². The number of rotatable bonds is 11. The molecule has 4 aromatic carbocycles. The lowest BCUT2D eigenvalue weighted by Gasteiger charge is -2.33. The number of fused-ring (bicyclic) bond motifs is 1. The predicted octanol–water partition coefficient (Wildman–Crippen LogP) is 9.37. The van der Waals surface area contributed by atoms with Crippen LogP contribution in [0.3, 0.4) is 0 Å². The summed E-state index contributed by atoms with van der Waals surface area (Å²) in [6.45, 7) is 0.889. The van der Waals surface area contributed by atoms with Gasteiger partial charge in [0, 0.05) is 41.6 Å². The van der Waals surface area contributed by atoms with Crippen LogP contribution in [0.2, 0.25) is 5.02 Å². The second kappa shape index (κ2) is 17.1. The van der Waals surface area contributed by atoms with Crippen LogP contribution in [0.25, 0.3) is 33.4 Å². The number of hydrogen-bond acceptors (Lipinski definition) is 9. The van der Waals surface area contributed by atoms with Gasteiger partial charge >= 0.3 is 12.1 Å². The van der Waals surface area contributed by atoms with Gasteiger partial charge in [0.05, 0.1) is 19.2 Å². The molecule has 0 bridgehead atoms. The Labute approximate surface area is 333 Å². The van der Waals surface area contributed by atoms with Crippen molar-refractivity contribution < 1.29 is 37.3 Å². The topological polar surface area (TPSA) is 110 Å². The van der Waals surface area contributed by atoms with Crippen molar-refractivity contribution in [2.45, 2.75) is 57.4 Å². The van der Waals surface area contributed by atoms with Crippen LogP contribution in [-0.4, -0.2) is 69.8 Å². The molecule has 4 heterocycles. The first-order valence-corrected chi connectivity index (χ1v) is 19.2. The molecule has 8 rings (SSSR count). The molecule has 0 spiro atoms. The van der Waals surface area contributed by atoms with E-state index < -0.39 is 24.2 Å². The maximum absolute atomic E-state index is 15.6. The van der Waals surface area contributed by atoms with E-state index in [9.17, 15) is 4.79 Å². The monoisotopic (exact) mass is 795 g/mol. The Morgan fingerprint density at radius 2 is 1.75 bits per heavy atom. The SMILES string of the molecule is COc1ccc(COc2cc(-c3nn(C4CCCCO4)c4ccc(-c5ccc(Cl)cc5F)cc34)nc(O[C@H]3CN(C(=O)OCc4ccccc4)CC[C@@H]3F)n2)cc1. The summed E-state index contributed by atoms with van der Waals surface area (Å²) >= 11 is 6.08. The van der Waals surface area contributed by atoms with E-state index in [1.165, 1.54) is 11.0 Å². The molecule has 3 atom stereocenters. The number of piperidine rings is 1. The van der Waals surface area contributed by atoms with Crippen LogP contribution in [0, 0.1) is 5.82 Å². The van der Waals surface area contributed by atoms with Crippen LogP contribution in [0.5, 0.6) is 17.6 Å². The third-order valence-electron chi connectivity index (χ3n) is 10.0. The Hall–Kier alpha value is -5.79. The number of aromatic nitrogens is 4. The number of methoxy groups -OCH3 is 1. The quantitative estimate of drug-likeness (QED) is 0.127. The molecule has 2 saturated heterocycles. The number of likely N-dealkylation sites (tertiary alicyclic amines) is 1. The molecule has 0 aliphatic carbocycles. The first-order chi connectivity index (χ1) is 27.8. The Kier molecular flexibility index (Phi) is 11.5. The lowest BCUT2D eigenvalue weighted by molar-refractivity contribution is -0.0365. The predicted molar refractivity (Wildman–Crippen MR) is 209 cm³/mol. The van der Waals surface area contributed by atoms with E-state index in [-0.39, 0.29) is 55.9 Å². The molecule has 0 N–H and O–H groups in total. The number of ether oxygens (including phenoxy) is 5. The van der Waals surface area contributed by atoms with Gasteiger partial charge in [-0.2, -0.15) is 15.1 Å². The fourth-order valence-corrected chi connectivity index (χ4v) is 7.16. The summed E-state index contributed by atoms with van der Waals surface area (Å²) < 4.78 is 62.0. The average molecular weight is 796 g/mol. The van der Waals surface area contributed by atoms with Crippen LogP contribution in [0.15, 0.2) is 97.1 Å². The number of amides is 1. The highest BCUT2D eigenvalue weighted by molar-refractivity contribution is 6.30. The molecule has 0 saturated carbocycles. The maximum Gasteiger partial charge on any atom is 0.410 e. The van der Waals surface area contributed by atoms with Crippen LogP contribution >= 0.6 is 11.6 Å². The number of hydrogen-bond donors (Lipinski definition) is 0. The van der Waals surface area contributed by atoms with Crippen molar-refractivity contribution in [1.82, 2.24) is 24.6 Å². The van der Waals surface area contributed by atoms with Gasteiger partial charge in [0.25, 0.3) is 0 Å². The zero-order valence-electron chi connectivity index (χ0n) is 31.2. The molecule has 11 nitrogen and oxygen atoms in total. The van der Waals surface area contributed by atoms with Crippen LogP contribution in [0.1, 0.15) is 43.0 Å². The van der Waals surface area contributed by atoms with E-state index in [1.807, 2.05) is 77.5 Å². The first-order valence-electron chi connectivity index (χ1n) is 18.8. The van der Waals surface area contributed by atoms with Gasteiger partial charge in [0.15, 0.2) is 12.3 Å². The average Bonchev–Trinajstić information content (AvgIpc) is 3.63. The van der Waals surface area contributed by atoms with Gasteiger partial charge in [-0.05, 0) is 78.4 Å². The highest BCUT2D eigenvalue weighted by atomic mass is 35.5. The summed E-state index contributed by atoms with van der Waals surface area (Å²) in [5.41, 5.74) is 4.15. The van der Waals surface area contributed by atoms with Crippen molar-refractivity contribution in [2.75, 3.05) is 26.8 Å². The molecule has 6 aromatic rings. The number of halogens is 3. The summed E-state index contributed by atoms with van der Waals surface area (Å²) in [4.78, 5) is 23.8. The molecule has 1 unspecified atom stereocenters. The summed E-state index contributed by atoms with van der Waals surface area (Å²) in [7, 11) is 1.59.